The number of ether oxygens (including phenoxy) is 2. The van der Waals surface area contributed by atoms with Crippen LogP contribution in [-0.2, 0) is 14.3 Å². The lowest BCUT2D eigenvalue weighted by Gasteiger charge is -2.30. The van der Waals surface area contributed by atoms with Crippen molar-refractivity contribution in [2.45, 2.75) is 26.1 Å². The highest BCUT2D eigenvalue weighted by atomic mass is 16.7. The molecule has 1 rings (SSSR count). The van der Waals surface area contributed by atoms with Crippen molar-refractivity contribution >= 4 is 5.97 Å². The average molecular weight is 154 g/mol. The van der Waals surface area contributed by atoms with E-state index in [1.807, 2.05) is 0 Å². The summed E-state index contributed by atoms with van der Waals surface area (Å²) in [5, 5.41) is 0. The van der Waals surface area contributed by atoms with E-state index in [-0.39, 0.29) is 12.4 Å². The second-order valence-corrected chi connectivity index (χ2v) is 2.75. The number of hydrogen-bond donors (Lipinski definition) is 0. The van der Waals surface area contributed by atoms with Crippen molar-refractivity contribution in [3.8, 4) is 0 Å². The molecule has 1 saturated heterocycles. The number of hydrogen-bond acceptors (Lipinski definition) is 3. The first-order chi connectivity index (χ1) is 5.03. The lowest BCUT2D eigenvalue weighted by molar-refractivity contribution is -0.217. The number of carbonyl (C=O) groups excluding carboxylic acids is 1. The maximum absolute atomic E-state index is 10.9. The van der Waals surface area contributed by atoms with Crippen molar-refractivity contribution in [3.05, 3.63) is 18.1 Å². The minimum Gasteiger partial charge on any atom is -0.449 e. The fourth-order valence-corrected chi connectivity index (χ4v) is 0.894. The third kappa shape index (κ3) is 1.85. The molecule has 0 bridgehead atoms. The molecular formula is C8H10O3. The van der Waals surface area contributed by atoms with Crippen LogP contribution >= 0.6 is 0 Å². The molecule has 1 fully saturated rings. The van der Waals surface area contributed by atoms with Crippen LogP contribution < -0.4 is 0 Å². The van der Waals surface area contributed by atoms with E-state index in [0.717, 1.165) is 0 Å². The fourth-order valence-electron chi connectivity index (χ4n) is 0.894. The highest BCUT2D eigenvalue weighted by molar-refractivity contribution is 5.73. The Bertz CT molecular complexity index is 234. The zero-order valence-corrected chi connectivity index (χ0v) is 6.64. The second-order valence-electron chi connectivity index (χ2n) is 2.75. The van der Waals surface area contributed by atoms with Crippen molar-refractivity contribution in [2.24, 2.45) is 0 Å². The van der Waals surface area contributed by atoms with Gasteiger partial charge in [0.05, 0.1) is 0 Å². The van der Waals surface area contributed by atoms with E-state index in [9.17, 15) is 4.79 Å². The van der Waals surface area contributed by atoms with Gasteiger partial charge in [0.1, 0.15) is 6.42 Å². The Balaban J connectivity index is 2.82. The van der Waals surface area contributed by atoms with Gasteiger partial charge < -0.3 is 9.47 Å². The molecule has 0 spiro atoms. The van der Waals surface area contributed by atoms with Gasteiger partial charge in [-0.1, -0.05) is 12.3 Å². The zero-order chi connectivity index (χ0) is 8.48. The molecule has 1 aliphatic heterocycles. The van der Waals surface area contributed by atoms with Crippen LogP contribution in [0, 0.1) is 0 Å². The second kappa shape index (κ2) is 2.44. The fraction of sp³-hybridized carbons (Fsp3) is 0.500. The molecular weight excluding hydrogens is 144 g/mol. The maximum Gasteiger partial charge on any atom is 0.317 e. The van der Waals surface area contributed by atoms with E-state index < -0.39 is 5.79 Å². The summed E-state index contributed by atoms with van der Waals surface area (Å²) in [6.07, 6.45) is 0.132. The summed E-state index contributed by atoms with van der Waals surface area (Å²) in [4.78, 5) is 10.9. The monoisotopic (exact) mass is 154 g/mol. The van der Waals surface area contributed by atoms with Crippen LogP contribution in [0.5, 0.6) is 0 Å². The summed E-state index contributed by atoms with van der Waals surface area (Å²) in [6.45, 7) is 6.73. The number of carbonyl (C=O) groups is 1. The summed E-state index contributed by atoms with van der Waals surface area (Å²) in [5.41, 5.74) is 2.53. The topological polar surface area (TPSA) is 35.5 Å². The highest BCUT2D eigenvalue weighted by Crippen LogP contribution is 2.24. The van der Waals surface area contributed by atoms with Crippen LogP contribution in [0.1, 0.15) is 20.3 Å². The maximum atomic E-state index is 10.9. The third-order valence-electron chi connectivity index (χ3n) is 1.23. The Morgan fingerprint density at radius 1 is 1.55 bits per heavy atom. The molecule has 0 aromatic carbocycles. The van der Waals surface area contributed by atoms with Gasteiger partial charge in [-0.3, -0.25) is 4.79 Å². The predicted molar refractivity (Wildman–Crippen MR) is 38.5 cm³/mol. The number of rotatable bonds is 0. The van der Waals surface area contributed by atoms with Crippen LogP contribution in [0.2, 0.25) is 0 Å². The van der Waals surface area contributed by atoms with Gasteiger partial charge in [-0.25, -0.2) is 0 Å². The van der Waals surface area contributed by atoms with Crippen LogP contribution in [0.4, 0.5) is 0 Å². The molecule has 11 heavy (non-hydrogen) atoms. The lowest BCUT2D eigenvalue weighted by Crippen LogP contribution is -2.35. The van der Waals surface area contributed by atoms with E-state index in [1.54, 1.807) is 13.8 Å². The van der Waals surface area contributed by atoms with Gasteiger partial charge in [0.15, 0.2) is 5.76 Å². The van der Waals surface area contributed by atoms with Gasteiger partial charge in [0.25, 0.3) is 0 Å². The molecule has 0 saturated carbocycles. The molecule has 0 radical (unpaired) electrons. The van der Waals surface area contributed by atoms with Crippen molar-refractivity contribution in [1.29, 1.82) is 0 Å². The van der Waals surface area contributed by atoms with Crippen molar-refractivity contribution in [1.82, 2.24) is 0 Å². The first-order valence-electron chi connectivity index (χ1n) is 3.33. The highest BCUT2D eigenvalue weighted by Gasteiger charge is 2.31. The first kappa shape index (κ1) is 7.89. The largest absolute Gasteiger partial charge is 0.449 e. The Morgan fingerprint density at radius 3 is 2.64 bits per heavy atom. The van der Waals surface area contributed by atoms with Gasteiger partial charge in [0.2, 0.25) is 5.79 Å². The molecule has 0 atom stereocenters. The van der Waals surface area contributed by atoms with Gasteiger partial charge in [0, 0.05) is 13.8 Å². The Hall–Kier alpha value is -1.21. The summed E-state index contributed by atoms with van der Waals surface area (Å²) >= 11 is 0. The molecule has 0 unspecified atom stereocenters. The summed E-state index contributed by atoms with van der Waals surface area (Å²) < 4.78 is 10.0. The molecule has 60 valence electrons. The lowest BCUT2D eigenvalue weighted by atomic mass is 10.3. The van der Waals surface area contributed by atoms with Crippen molar-refractivity contribution in [2.75, 3.05) is 0 Å². The first-order valence-corrected chi connectivity index (χ1v) is 3.33. The standard InChI is InChI=1S/C8H10O3/c1-4-6-5-7(9)11-8(2,3)10-6/h1,5H2,2-3H3. The van der Waals surface area contributed by atoms with Gasteiger partial charge in [-0.2, -0.15) is 0 Å². The Morgan fingerprint density at radius 2 is 2.18 bits per heavy atom. The normalized spacial score (nSPS) is 21.6. The molecule has 0 aliphatic carbocycles. The quantitative estimate of drug-likeness (QED) is 0.390. The number of esters is 1. The van der Waals surface area contributed by atoms with E-state index in [1.165, 1.54) is 0 Å². The number of cyclic esters (lactones) is 1. The van der Waals surface area contributed by atoms with Gasteiger partial charge in [-0.15, -0.1) is 0 Å². The Labute approximate surface area is 65.3 Å². The van der Waals surface area contributed by atoms with Crippen molar-refractivity contribution in [3.63, 3.8) is 0 Å². The summed E-state index contributed by atoms with van der Waals surface area (Å²) in [5.74, 6) is -0.714. The van der Waals surface area contributed by atoms with Crippen LogP contribution in [0.3, 0.4) is 0 Å². The minimum atomic E-state index is -0.866. The molecule has 0 N–H and O–H groups in total. The molecule has 0 aromatic rings. The molecule has 0 aromatic heterocycles. The predicted octanol–water partition coefficient (Wildman–Crippen LogP) is 1.35. The molecule has 1 heterocycles. The van der Waals surface area contributed by atoms with Gasteiger partial charge in [-0.05, 0) is 0 Å². The van der Waals surface area contributed by atoms with E-state index in [4.69, 9.17) is 9.47 Å². The van der Waals surface area contributed by atoms with Crippen LogP contribution in [0.15, 0.2) is 18.1 Å². The smallest absolute Gasteiger partial charge is 0.317 e. The molecule has 0 amide bonds. The van der Waals surface area contributed by atoms with E-state index in [2.05, 4.69) is 12.3 Å². The Kier molecular flexibility index (Phi) is 1.75. The van der Waals surface area contributed by atoms with E-state index >= 15 is 0 Å². The summed E-state index contributed by atoms with van der Waals surface area (Å²) in [6, 6.07) is 0. The van der Waals surface area contributed by atoms with Crippen molar-refractivity contribution < 1.29 is 14.3 Å². The molecule has 3 heteroatoms. The van der Waals surface area contributed by atoms with Gasteiger partial charge >= 0.3 is 5.97 Å². The van der Waals surface area contributed by atoms with Crippen LogP contribution in [-0.4, -0.2) is 11.8 Å². The average Bonchev–Trinajstić information content (AvgIpc) is 1.83. The minimum absolute atomic E-state index is 0.132. The SMILES string of the molecule is C=C=C1CC(=O)OC(C)(C)O1. The molecule has 1 aliphatic rings. The third-order valence-corrected chi connectivity index (χ3v) is 1.23. The summed E-state index contributed by atoms with van der Waals surface area (Å²) in [7, 11) is 0. The zero-order valence-electron chi connectivity index (χ0n) is 6.64. The van der Waals surface area contributed by atoms with E-state index in [0.29, 0.717) is 5.76 Å². The van der Waals surface area contributed by atoms with Crippen LogP contribution in [0.25, 0.3) is 0 Å². The molecule has 3 nitrogen and oxygen atoms in total.